The van der Waals surface area contributed by atoms with Gasteiger partial charge in [-0.15, -0.1) is 0 Å². The number of rotatable bonds is 3. The van der Waals surface area contributed by atoms with Crippen LogP contribution in [0.25, 0.3) is 0 Å². The molecule has 1 heterocycles. The van der Waals surface area contributed by atoms with Crippen LogP contribution in [0.1, 0.15) is 55.2 Å². The van der Waals surface area contributed by atoms with Crippen molar-refractivity contribution in [3.05, 3.63) is 65.2 Å². The minimum atomic E-state index is 0.398. The van der Waals surface area contributed by atoms with E-state index >= 15 is 0 Å². The second-order valence-electron chi connectivity index (χ2n) is 9.56. The zero-order chi connectivity index (χ0) is 17.8. The molecule has 2 nitrogen and oxygen atoms in total. The molecule has 138 valence electrons. The van der Waals surface area contributed by atoms with Crippen LogP contribution in [0, 0.1) is 17.8 Å². The van der Waals surface area contributed by atoms with Gasteiger partial charge in [0.2, 0.25) is 0 Å². The summed E-state index contributed by atoms with van der Waals surface area (Å²) in [6, 6.07) is 17.6. The maximum Gasteiger partial charge on any atom is 0.287 e. The summed E-state index contributed by atoms with van der Waals surface area (Å²) in [5.74, 6) is 4.08. The summed E-state index contributed by atoms with van der Waals surface area (Å²) in [5, 5.41) is 0. The highest BCUT2D eigenvalue weighted by atomic mass is 16.5. The summed E-state index contributed by atoms with van der Waals surface area (Å²) < 4.78 is 8.72. The van der Waals surface area contributed by atoms with E-state index in [0.717, 1.165) is 24.3 Å². The fourth-order valence-corrected chi connectivity index (χ4v) is 6.97. The van der Waals surface area contributed by atoms with E-state index in [1.54, 1.807) is 0 Å². The molecule has 4 fully saturated rings. The first-order chi connectivity index (χ1) is 13.3. The molecule has 0 N–H and O–H groups in total. The zero-order valence-corrected chi connectivity index (χ0v) is 15.9. The van der Waals surface area contributed by atoms with Crippen LogP contribution in [-0.4, -0.2) is 17.5 Å². The van der Waals surface area contributed by atoms with Gasteiger partial charge in [0, 0.05) is 11.1 Å². The molecule has 4 aliphatic carbocycles. The van der Waals surface area contributed by atoms with Gasteiger partial charge in [0.1, 0.15) is 5.75 Å². The molecule has 27 heavy (non-hydrogen) atoms. The van der Waals surface area contributed by atoms with E-state index in [-0.39, 0.29) is 0 Å². The Morgan fingerprint density at radius 1 is 0.852 bits per heavy atom. The minimum Gasteiger partial charge on any atom is -0.435 e. The molecule has 4 bridgehead atoms. The van der Waals surface area contributed by atoms with E-state index in [9.17, 15) is 0 Å². The largest absolute Gasteiger partial charge is 0.435 e. The van der Waals surface area contributed by atoms with E-state index < -0.39 is 0 Å². The maximum absolute atomic E-state index is 6.42. The Balaban J connectivity index is 1.35. The van der Waals surface area contributed by atoms with Crippen LogP contribution in [0.4, 0.5) is 0 Å². The number of hydrogen-bond acceptors (Lipinski definition) is 1. The lowest BCUT2D eigenvalue weighted by Gasteiger charge is -2.57. The van der Waals surface area contributed by atoms with Crippen molar-refractivity contribution in [2.24, 2.45) is 17.8 Å². The molecule has 2 aromatic rings. The molecule has 2 heteroatoms. The molecule has 0 atom stereocenters. The maximum atomic E-state index is 6.42. The van der Waals surface area contributed by atoms with Crippen molar-refractivity contribution in [2.45, 2.75) is 50.5 Å². The van der Waals surface area contributed by atoms with Gasteiger partial charge in [0.15, 0.2) is 12.8 Å². The van der Waals surface area contributed by atoms with Gasteiger partial charge in [-0.25, -0.2) is 0 Å². The van der Waals surface area contributed by atoms with E-state index in [0.29, 0.717) is 12.1 Å². The Kier molecular flexibility index (Phi) is 3.51. The lowest BCUT2D eigenvalue weighted by atomic mass is 9.48. The number of fused-ring (bicyclic) bond motifs is 1. The van der Waals surface area contributed by atoms with Crippen molar-refractivity contribution >= 4 is 6.21 Å². The third kappa shape index (κ3) is 2.64. The quantitative estimate of drug-likeness (QED) is 0.692. The third-order valence-electron chi connectivity index (χ3n) is 7.58. The van der Waals surface area contributed by atoms with Gasteiger partial charge in [-0.05, 0) is 67.8 Å². The van der Waals surface area contributed by atoms with Crippen LogP contribution in [0.2, 0.25) is 0 Å². The standard InChI is InChI=1S/C25H28NO/c1-2-5-18(6-3-1)15-26-16-22-7-4-8-23(24(22)27-17-26)25-12-19-9-20(13-25)11-21(10-19)14-25/h1-8,16,19-21H,9-15,17H2/q+1. The molecular formula is C25H28NO+. The number of ether oxygens (including phenoxy) is 1. The van der Waals surface area contributed by atoms with Crippen LogP contribution in [0.3, 0.4) is 0 Å². The first kappa shape index (κ1) is 15.9. The summed E-state index contributed by atoms with van der Waals surface area (Å²) >= 11 is 0. The predicted molar refractivity (Wildman–Crippen MR) is 107 cm³/mol. The molecule has 0 unspecified atom stereocenters. The van der Waals surface area contributed by atoms with Crippen molar-refractivity contribution in [3.63, 3.8) is 0 Å². The summed E-state index contributed by atoms with van der Waals surface area (Å²) in [6.07, 6.45) is 11.0. The van der Waals surface area contributed by atoms with Crippen LogP contribution in [0.15, 0.2) is 48.5 Å². The molecule has 1 aliphatic heterocycles. The Labute approximate surface area is 161 Å². The molecule has 2 aromatic carbocycles. The van der Waals surface area contributed by atoms with Gasteiger partial charge in [0.25, 0.3) is 6.73 Å². The molecule has 0 spiro atoms. The summed E-state index contributed by atoms with van der Waals surface area (Å²) in [6.45, 7) is 1.56. The topological polar surface area (TPSA) is 12.2 Å². The van der Waals surface area contributed by atoms with Crippen LogP contribution in [0.5, 0.6) is 5.75 Å². The Morgan fingerprint density at radius 3 is 2.26 bits per heavy atom. The van der Waals surface area contributed by atoms with E-state index in [2.05, 4.69) is 59.3 Å². The normalized spacial score (nSPS) is 33.3. The van der Waals surface area contributed by atoms with Crippen molar-refractivity contribution in [3.8, 4) is 5.75 Å². The highest BCUT2D eigenvalue weighted by Crippen LogP contribution is 2.62. The fraction of sp³-hybridized carbons (Fsp3) is 0.480. The fourth-order valence-electron chi connectivity index (χ4n) is 6.97. The molecule has 0 amide bonds. The van der Waals surface area contributed by atoms with Crippen molar-refractivity contribution in [1.82, 2.24) is 0 Å². The van der Waals surface area contributed by atoms with Gasteiger partial charge in [-0.1, -0.05) is 42.5 Å². The molecule has 0 saturated heterocycles. The number of benzene rings is 2. The summed E-state index contributed by atoms with van der Waals surface area (Å²) in [7, 11) is 0. The zero-order valence-electron chi connectivity index (χ0n) is 15.9. The van der Waals surface area contributed by atoms with Crippen molar-refractivity contribution < 1.29 is 9.31 Å². The molecule has 0 aromatic heterocycles. The highest BCUT2D eigenvalue weighted by Gasteiger charge is 2.52. The third-order valence-corrected chi connectivity index (χ3v) is 7.58. The Bertz CT molecular complexity index is 863. The minimum absolute atomic E-state index is 0.398. The van der Waals surface area contributed by atoms with Gasteiger partial charge in [-0.2, -0.15) is 4.58 Å². The molecule has 0 radical (unpaired) electrons. The average Bonchev–Trinajstić information content (AvgIpc) is 2.67. The number of para-hydroxylation sites is 1. The van der Waals surface area contributed by atoms with E-state index in [1.165, 1.54) is 61.0 Å². The highest BCUT2D eigenvalue weighted by molar-refractivity contribution is 5.82. The second kappa shape index (κ2) is 5.95. The second-order valence-corrected chi connectivity index (χ2v) is 9.56. The Morgan fingerprint density at radius 2 is 1.56 bits per heavy atom. The summed E-state index contributed by atoms with van der Waals surface area (Å²) in [5.41, 5.74) is 4.52. The first-order valence-electron chi connectivity index (χ1n) is 10.7. The van der Waals surface area contributed by atoms with Gasteiger partial charge in [0.05, 0.1) is 5.56 Å². The lowest BCUT2D eigenvalue weighted by Crippen LogP contribution is -2.48. The van der Waals surface area contributed by atoms with Gasteiger partial charge in [-0.3, -0.25) is 0 Å². The van der Waals surface area contributed by atoms with Crippen molar-refractivity contribution in [2.75, 3.05) is 6.73 Å². The Hall–Kier alpha value is -2.09. The average molecular weight is 359 g/mol. The monoisotopic (exact) mass is 358 g/mol. The number of nitrogens with zero attached hydrogens (tertiary/aromatic N) is 1. The first-order valence-corrected chi connectivity index (χ1v) is 10.7. The van der Waals surface area contributed by atoms with Crippen molar-refractivity contribution in [1.29, 1.82) is 0 Å². The smallest absolute Gasteiger partial charge is 0.287 e. The van der Waals surface area contributed by atoms with Crippen LogP contribution >= 0.6 is 0 Å². The molecule has 7 rings (SSSR count). The van der Waals surface area contributed by atoms with E-state index in [4.69, 9.17) is 4.74 Å². The SMILES string of the molecule is C1=[N+](Cc2ccccc2)COc2c1cccc2C12CC3CC(CC(C3)C1)C2. The predicted octanol–water partition coefficient (Wildman–Crippen LogP) is 5.14. The molecular weight excluding hydrogens is 330 g/mol. The van der Waals surface area contributed by atoms with Gasteiger partial charge < -0.3 is 4.74 Å². The van der Waals surface area contributed by atoms with Gasteiger partial charge >= 0.3 is 0 Å². The summed E-state index contributed by atoms with van der Waals surface area (Å²) in [4.78, 5) is 0. The molecule has 5 aliphatic rings. The lowest BCUT2D eigenvalue weighted by molar-refractivity contribution is -0.571. The number of hydrogen-bond donors (Lipinski definition) is 0. The van der Waals surface area contributed by atoms with Crippen LogP contribution < -0.4 is 4.74 Å². The van der Waals surface area contributed by atoms with Crippen LogP contribution in [-0.2, 0) is 12.0 Å². The molecule has 4 saturated carbocycles. The van der Waals surface area contributed by atoms with E-state index in [1.807, 2.05) is 0 Å².